The number of anilines is 1. The van der Waals surface area contributed by atoms with Gasteiger partial charge in [-0.05, 0) is 35.9 Å². The minimum absolute atomic E-state index is 0.228. The summed E-state index contributed by atoms with van der Waals surface area (Å²) in [6, 6.07) is 11.2. The molecule has 0 saturated carbocycles. The third-order valence-electron chi connectivity index (χ3n) is 5.50. The number of hydrogen-bond donors (Lipinski definition) is 0. The van der Waals surface area contributed by atoms with Crippen molar-refractivity contribution in [3.8, 4) is 23.0 Å². The highest BCUT2D eigenvalue weighted by Gasteiger charge is 2.23. The van der Waals surface area contributed by atoms with E-state index in [-0.39, 0.29) is 12.5 Å². The lowest BCUT2D eigenvalue weighted by molar-refractivity contribution is -0.148. The first-order valence-corrected chi connectivity index (χ1v) is 10.8. The topological polar surface area (TPSA) is 86.8 Å². The third-order valence-corrected chi connectivity index (χ3v) is 5.50. The zero-order valence-electron chi connectivity index (χ0n) is 19.9. The predicted octanol–water partition coefficient (Wildman–Crippen LogP) is 2.63. The monoisotopic (exact) mass is 470 g/mol. The molecule has 9 nitrogen and oxygen atoms in total. The molecule has 1 aliphatic heterocycles. The minimum atomic E-state index is -0.616. The molecule has 1 heterocycles. The van der Waals surface area contributed by atoms with Gasteiger partial charge < -0.3 is 33.5 Å². The number of piperazine rings is 1. The first-order valence-electron chi connectivity index (χ1n) is 10.8. The maximum absolute atomic E-state index is 12.5. The summed E-state index contributed by atoms with van der Waals surface area (Å²) in [5.74, 6) is 1.36. The number of carbonyl (C=O) groups excluding carboxylic acids is 2. The summed E-state index contributed by atoms with van der Waals surface area (Å²) >= 11 is 0. The lowest BCUT2D eigenvalue weighted by Gasteiger charge is -2.36. The molecule has 34 heavy (non-hydrogen) atoms. The van der Waals surface area contributed by atoms with E-state index < -0.39 is 5.97 Å². The molecule has 3 rings (SSSR count). The molecule has 1 saturated heterocycles. The highest BCUT2D eigenvalue weighted by molar-refractivity contribution is 5.89. The van der Waals surface area contributed by atoms with Gasteiger partial charge in [-0.1, -0.05) is 12.1 Å². The molecule has 182 valence electrons. The predicted molar refractivity (Wildman–Crippen MR) is 128 cm³/mol. The molecular formula is C25H30N2O7. The molecule has 1 fully saturated rings. The smallest absolute Gasteiger partial charge is 0.331 e. The van der Waals surface area contributed by atoms with Gasteiger partial charge in [0.15, 0.2) is 18.1 Å². The van der Waals surface area contributed by atoms with Crippen LogP contribution < -0.4 is 23.8 Å². The van der Waals surface area contributed by atoms with Crippen LogP contribution in [0.25, 0.3) is 6.08 Å². The van der Waals surface area contributed by atoms with Crippen molar-refractivity contribution in [2.24, 2.45) is 0 Å². The maximum Gasteiger partial charge on any atom is 0.331 e. The Labute approximate surface area is 199 Å². The Morgan fingerprint density at radius 3 is 2.06 bits per heavy atom. The highest BCUT2D eigenvalue weighted by atomic mass is 16.5. The molecule has 0 radical (unpaired) electrons. The third kappa shape index (κ3) is 5.92. The summed E-state index contributed by atoms with van der Waals surface area (Å²) in [6.07, 6.45) is 2.82. The first-order chi connectivity index (χ1) is 16.5. The zero-order chi connectivity index (χ0) is 24.5. The summed E-state index contributed by atoms with van der Waals surface area (Å²) in [5, 5.41) is 0. The van der Waals surface area contributed by atoms with Crippen LogP contribution in [0.2, 0.25) is 0 Å². The Kier molecular flexibility index (Phi) is 8.61. The highest BCUT2D eigenvalue weighted by Crippen LogP contribution is 2.38. The number of rotatable bonds is 9. The van der Waals surface area contributed by atoms with Crippen molar-refractivity contribution in [3.05, 3.63) is 48.0 Å². The van der Waals surface area contributed by atoms with Crippen LogP contribution in [0.3, 0.4) is 0 Å². The van der Waals surface area contributed by atoms with E-state index in [4.69, 9.17) is 23.7 Å². The summed E-state index contributed by atoms with van der Waals surface area (Å²) in [5.41, 5.74) is 1.66. The van der Waals surface area contributed by atoms with E-state index in [9.17, 15) is 9.59 Å². The van der Waals surface area contributed by atoms with Gasteiger partial charge in [0.2, 0.25) is 5.75 Å². The molecule has 0 atom stereocenters. The Morgan fingerprint density at radius 1 is 0.853 bits per heavy atom. The number of benzene rings is 2. The molecule has 0 N–H and O–H groups in total. The fourth-order valence-electron chi connectivity index (χ4n) is 3.72. The number of amides is 1. The fourth-order valence-corrected chi connectivity index (χ4v) is 3.72. The molecular weight excluding hydrogens is 440 g/mol. The molecule has 1 aliphatic rings. The van der Waals surface area contributed by atoms with Crippen LogP contribution in [0.5, 0.6) is 23.0 Å². The number of hydrogen-bond acceptors (Lipinski definition) is 8. The van der Waals surface area contributed by atoms with Gasteiger partial charge >= 0.3 is 5.97 Å². The van der Waals surface area contributed by atoms with Gasteiger partial charge in [-0.3, -0.25) is 4.79 Å². The summed E-state index contributed by atoms with van der Waals surface area (Å²) in [7, 11) is 6.19. The number of esters is 1. The summed E-state index contributed by atoms with van der Waals surface area (Å²) in [6.45, 7) is 2.10. The molecule has 0 aromatic heterocycles. The lowest BCUT2D eigenvalue weighted by Crippen LogP contribution is -2.50. The second kappa shape index (κ2) is 11.8. The van der Waals surface area contributed by atoms with E-state index >= 15 is 0 Å². The number of nitrogens with zero attached hydrogens (tertiary/aromatic N) is 2. The molecule has 0 bridgehead atoms. The van der Waals surface area contributed by atoms with Crippen LogP contribution in [0.1, 0.15) is 5.56 Å². The van der Waals surface area contributed by atoms with E-state index in [0.717, 1.165) is 11.4 Å². The van der Waals surface area contributed by atoms with E-state index in [1.807, 2.05) is 24.3 Å². The summed E-state index contributed by atoms with van der Waals surface area (Å²) in [4.78, 5) is 28.5. The van der Waals surface area contributed by atoms with E-state index in [2.05, 4.69) is 4.90 Å². The van der Waals surface area contributed by atoms with Crippen molar-refractivity contribution >= 4 is 23.6 Å². The Bertz CT molecular complexity index is 1000. The van der Waals surface area contributed by atoms with Gasteiger partial charge in [-0.15, -0.1) is 0 Å². The molecule has 2 aromatic rings. The van der Waals surface area contributed by atoms with E-state index in [1.54, 1.807) is 30.2 Å². The molecule has 0 aliphatic carbocycles. The second-order valence-electron chi connectivity index (χ2n) is 7.44. The Balaban J connectivity index is 1.51. The van der Waals surface area contributed by atoms with Gasteiger partial charge in [-0.25, -0.2) is 4.79 Å². The van der Waals surface area contributed by atoms with E-state index in [0.29, 0.717) is 49.0 Å². The van der Waals surface area contributed by atoms with Crippen molar-refractivity contribution in [3.63, 3.8) is 0 Å². The SMILES string of the molecule is COc1ccccc1N1CCN(C(=O)COC(=O)/C=C/c2cc(OC)c(OC)c(OC)c2)CC1. The van der Waals surface area contributed by atoms with E-state index in [1.165, 1.54) is 27.4 Å². The van der Waals surface area contributed by atoms with Crippen molar-refractivity contribution in [1.29, 1.82) is 0 Å². The van der Waals surface area contributed by atoms with Crippen molar-refractivity contribution in [2.45, 2.75) is 0 Å². The second-order valence-corrected chi connectivity index (χ2v) is 7.44. The standard InChI is InChI=1S/C25H30N2O7/c1-30-20-8-6-5-7-19(20)26-11-13-27(14-12-26)23(28)17-34-24(29)10-9-18-15-21(31-2)25(33-4)22(16-18)32-3/h5-10,15-16H,11-14,17H2,1-4H3/b10-9+. The van der Waals surface area contributed by atoms with Gasteiger partial charge in [0.1, 0.15) is 5.75 Å². The van der Waals surface area contributed by atoms with Gasteiger partial charge in [-0.2, -0.15) is 0 Å². The normalized spacial score (nSPS) is 13.5. The van der Waals surface area contributed by atoms with Gasteiger partial charge in [0.05, 0.1) is 34.1 Å². The number of para-hydroxylation sites is 2. The fraction of sp³-hybridized carbons (Fsp3) is 0.360. The molecule has 0 spiro atoms. The Morgan fingerprint density at radius 2 is 1.47 bits per heavy atom. The van der Waals surface area contributed by atoms with Gasteiger partial charge in [0.25, 0.3) is 5.91 Å². The van der Waals surface area contributed by atoms with Crippen LogP contribution in [-0.2, 0) is 14.3 Å². The molecule has 9 heteroatoms. The first kappa shape index (κ1) is 24.8. The van der Waals surface area contributed by atoms with Crippen molar-refractivity contribution in [1.82, 2.24) is 4.90 Å². The number of ether oxygens (including phenoxy) is 5. The van der Waals surface area contributed by atoms with Crippen LogP contribution in [0.4, 0.5) is 5.69 Å². The average molecular weight is 471 g/mol. The lowest BCUT2D eigenvalue weighted by atomic mass is 10.1. The number of carbonyl (C=O) groups is 2. The molecule has 2 aromatic carbocycles. The summed E-state index contributed by atoms with van der Waals surface area (Å²) < 4.78 is 26.5. The van der Waals surface area contributed by atoms with Crippen molar-refractivity contribution in [2.75, 3.05) is 66.1 Å². The largest absolute Gasteiger partial charge is 0.495 e. The van der Waals surface area contributed by atoms with Crippen LogP contribution >= 0.6 is 0 Å². The van der Waals surface area contributed by atoms with Gasteiger partial charge in [0, 0.05) is 32.3 Å². The van der Waals surface area contributed by atoms with Crippen LogP contribution in [0, 0.1) is 0 Å². The quantitative estimate of drug-likeness (QED) is 0.408. The van der Waals surface area contributed by atoms with Crippen LogP contribution in [-0.4, -0.2) is 78.0 Å². The minimum Gasteiger partial charge on any atom is -0.495 e. The number of methoxy groups -OCH3 is 4. The van der Waals surface area contributed by atoms with Crippen LogP contribution in [0.15, 0.2) is 42.5 Å². The zero-order valence-corrected chi connectivity index (χ0v) is 19.9. The molecule has 1 amide bonds. The molecule has 0 unspecified atom stereocenters. The van der Waals surface area contributed by atoms with Crippen molar-refractivity contribution < 1.29 is 33.3 Å². The average Bonchev–Trinajstić information content (AvgIpc) is 2.89. The maximum atomic E-state index is 12.5. The Hall–Kier alpha value is -3.88.